The molecule has 0 amide bonds. The van der Waals surface area contributed by atoms with E-state index in [1.165, 1.54) is 6.33 Å². The highest BCUT2D eigenvalue weighted by Gasteiger charge is 2.03. The molecule has 0 atom stereocenters. The Morgan fingerprint density at radius 1 is 1.40 bits per heavy atom. The van der Waals surface area contributed by atoms with E-state index in [-0.39, 0.29) is 6.61 Å². The number of benzene rings is 1. The second-order valence-electron chi connectivity index (χ2n) is 4.08. The van der Waals surface area contributed by atoms with Crippen LogP contribution < -0.4 is 4.74 Å². The van der Waals surface area contributed by atoms with Gasteiger partial charge in [0, 0.05) is 18.5 Å². The molecule has 0 fully saturated rings. The van der Waals surface area contributed by atoms with Crippen LogP contribution in [0.1, 0.15) is 24.7 Å². The van der Waals surface area contributed by atoms with Gasteiger partial charge in [-0.05, 0) is 25.1 Å². The van der Waals surface area contributed by atoms with Crippen LogP contribution in [0.5, 0.6) is 5.75 Å². The van der Waals surface area contributed by atoms with Gasteiger partial charge in [0.2, 0.25) is 0 Å². The predicted molar refractivity (Wildman–Crippen MR) is 75.1 cm³/mol. The molecule has 0 saturated carbocycles. The molecule has 0 aliphatic heterocycles. The summed E-state index contributed by atoms with van der Waals surface area (Å²) in [5.41, 5.74) is 0.868. The number of hydrogen-bond acceptors (Lipinski definition) is 4. The van der Waals surface area contributed by atoms with Crippen molar-refractivity contribution in [2.45, 2.75) is 26.5 Å². The fourth-order valence-corrected chi connectivity index (χ4v) is 1.70. The summed E-state index contributed by atoms with van der Waals surface area (Å²) >= 11 is 0. The summed E-state index contributed by atoms with van der Waals surface area (Å²) in [5.74, 6) is 7.40. The quantitative estimate of drug-likeness (QED) is 0.839. The van der Waals surface area contributed by atoms with Gasteiger partial charge in [0.25, 0.3) is 0 Å². The molecule has 0 unspecified atom stereocenters. The van der Waals surface area contributed by atoms with E-state index in [9.17, 15) is 0 Å². The zero-order valence-electron chi connectivity index (χ0n) is 11.4. The normalized spacial score (nSPS) is 9.90. The number of rotatable bonds is 5. The molecule has 0 aliphatic carbocycles. The van der Waals surface area contributed by atoms with E-state index in [0.29, 0.717) is 13.0 Å². The number of aryl methyl sites for hydroxylation is 1. The molecule has 1 heterocycles. The molecule has 0 bridgehead atoms. The van der Waals surface area contributed by atoms with Crippen LogP contribution in [0.15, 0.2) is 30.6 Å². The molecule has 104 valence electrons. The number of aromatic nitrogens is 3. The van der Waals surface area contributed by atoms with E-state index >= 15 is 0 Å². The van der Waals surface area contributed by atoms with Crippen molar-refractivity contribution in [3.63, 3.8) is 0 Å². The molecule has 2 rings (SSSR count). The second kappa shape index (κ2) is 7.31. The molecule has 20 heavy (non-hydrogen) atoms. The van der Waals surface area contributed by atoms with Crippen LogP contribution >= 0.6 is 0 Å². The topological polar surface area (TPSA) is 60.2 Å². The lowest BCUT2D eigenvalue weighted by Gasteiger charge is -2.06. The molecular formula is C15H17N3O2. The van der Waals surface area contributed by atoms with E-state index in [0.717, 1.165) is 23.7 Å². The van der Waals surface area contributed by atoms with Crippen molar-refractivity contribution in [2.75, 3.05) is 6.61 Å². The lowest BCUT2D eigenvalue weighted by molar-refractivity contribution is 0.287. The highest BCUT2D eigenvalue weighted by Crippen LogP contribution is 2.14. The molecule has 0 aliphatic rings. The van der Waals surface area contributed by atoms with Gasteiger partial charge in [0.05, 0.1) is 6.61 Å². The van der Waals surface area contributed by atoms with Crippen molar-refractivity contribution in [3.05, 3.63) is 42.0 Å². The third kappa shape index (κ3) is 3.84. The van der Waals surface area contributed by atoms with Gasteiger partial charge in [-0.2, -0.15) is 5.10 Å². The van der Waals surface area contributed by atoms with Crippen molar-refractivity contribution < 1.29 is 9.84 Å². The highest BCUT2D eigenvalue weighted by molar-refractivity contribution is 5.39. The van der Waals surface area contributed by atoms with Crippen molar-refractivity contribution in [1.29, 1.82) is 0 Å². The van der Waals surface area contributed by atoms with Crippen LogP contribution in [0.3, 0.4) is 0 Å². The second-order valence-corrected chi connectivity index (χ2v) is 4.08. The van der Waals surface area contributed by atoms with E-state index in [4.69, 9.17) is 9.84 Å². The summed E-state index contributed by atoms with van der Waals surface area (Å²) in [4.78, 5) is 4.16. The largest absolute Gasteiger partial charge is 0.486 e. The number of hydrogen-bond donors (Lipinski definition) is 1. The maximum Gasteiger partial charge on any atom is 0.164 e. The van der Waals surface area contributed by atoms with Crippen molar-refractivity contribution in [2.24, 2.45) is 0 Å². The summed E-state index contributed by atoms with van der Waals surface area (Å²) < 4.78 is 7.50. The molecule has 0 saturated heterocycles. The minimum absolute atomic E-state index is 0.0792. The van der Waals surface area contributed by atoms with Crippen LogP contribution in [-0.2, 0) is 13.2 Å². The van der Waals surface area contributed by atoms with Crippen molar-refractivity contribution in [3.8, 4) is 17.6 Å². The molecule has 1 aromatic carbocycles. The van der Waals surface area contributed by atoms with Gasteiger partial charge in [-0.25, -0.2) is 9.67 Å². The highest BCUT2D eigenvalue weighted by atomic mass is 16.5. The minimum atomic E-state index is 0.0792. The first-order valence-corrected chi connectivity index (χ1v) is 6.52. The summed E-state index contributed by atoms with van der Waals surface area (Å²) in [5, 5.41) is 12.8. The minimum Gasteiger partial charge on any atom is -0.486 e. The van der Waals surface area contributed by atoms with Gasteiger partial charge < -0.3 is 9.84 Å². The molecule has 0 radical (unpaired) electrons. The van der Waals surface area contributed by atoms with Gasteiger partial charge in [-0.1, -0.05) is 17.9 Å². The Bertz CT molecular complexity index is 611. The van der Waals surface area contributed by atoms with Crippen LogP contribution in [0.25, 0.3) is 0 Å². The Balaban J connectivity index is 2.00. The van der Waals surface area contributed by atoms with Gasteiger partial charge in [0.15, 0.2) is 5.82 Å². The van der Waals surface area contributed by atoms with Crippen LogP contribution in [-0.4, -0.2) is 26.5 Å². The molecule has 0 spiro atoms. The smallest absolute Gasteiger partial charge is 0.164 e. The molecular weight excluding hydrogens is 254 g/mol. The first-order valence-electron chi connectivity index (χ1n) is 6.52. The maximum atomic E-state index is 8.70. The summed E-state index contributed by atoms with van der Waals surface area (Å²) in [6.07, 6.45) is 2.00. The Morgan fingerprint density at radius 2 is 2.30 bits per heavy atom. The third-order valence-electron chi connectivity index (χ3n) is 2.67. The fourth-order valence-electron chi connectivity index (χ4n) is 1.70. The average Bonchev–Trinajstić information content (AvgIpc) is 2.93. The van der Waals surface area contributed by atoms with Crippen molar-refractivity contribution in [1.82, 2.24) is 14.8 Å². The molecule has 1 aromatic heterocycles. The monoisotopic (exact) mass is 271 g/mol. The molecule has 5 nitrogen and oxygen atoms in total. The number of ether oxygens (including phenoxy) is 1. The predicted octanol–water partition coefficient (Wildman–Crippen LogP) is 1.61. The number of nitrogens with zero attached hydrogens (tertiary/aromatic N) is 3. The summed E-state index contributed by atoms with van der Waals surface area (Å²) in [7, 11) is 0. The van der Waals surface area contributed by atoms with E-state index in [1.54, 1.807) is 4.68 Å². The fraction of sp³-hybridized carbons (Fsp3) is 0.333. The van der Waals surface area contributed by atoms with E-state index < -0.39 is 0 Å². The SMILES string of the molecule is CCn1ncnc1COc1cccc(C#CCCO)c1. The average molecular weight is 271 g/mol. The molecule has 2 aromatic rings. The Kier molecular flexibility index (Phi) is 5.15. The Hall–Kier alpha value is -2.32. The van der Waals surface area contributed by atoms with Crippen molar-refractivity contribution >= 4 is 0 Å². The molecule has 1 N–H and O–H groups in total. The number of aliphatic hydroxyl groups is 1. The van der Waals surface area contributed by atoms with Crippen LogP contribution in [0, 0.1) is 11.8 Å². The summed E-state index contributed by atoms with van der Waals surface area (Å²) in [6.45, 7) is 3.23. The van der Waals surface area contributed by atoms with Gasteiger partial charge in [-0.3, -0.25) is 0 Å². The Labute approximate surface area is 118 Å². The third-order valence-corrected chi connectivity index (χ3v) is 2.67. The van der Waals surface area contributed by atoms with Gasteiger partial charge in [-0.15, -0.1) is 0 Å². The number of aliphatic hydroxyl groups excluding tert-OH is 1. The van der Waals surface area contributed by atoms with Gasteiger partial charge >= 0.3 is 0 Å². The van der Waals surface area contributed by atoms with Crippen LogP contribution in [0.2, 0.25) is 0 Å². The Morgan fingerprint density at radius 3 is 3.10 bits per heavy atom. The van der Waals surface area contributed by atoms with Crippen LogP contribution in [0.4, 0.5) is 0 Å². The lowest BCUT2D eigenvalue weighted by Crippen LogP contribution is -2.07. The van der Waals surface area contributed by atoms with E-state index in [1.807, 2.05) is 31.2 Å². The van der Waals surface area contributed by atoms with E-state index in [2.05, 4.69) is 21.9 Å². The summed E-state index contributed by atoms with van der Waals surface area (Å²) in [6, 6.07) is 7.55. The molecule has 5 heteroatoms. The maximum absolute atomic E-state index is 8.70. The first kappa shape index (κ1) is 14.1. The lowest BCUT2D eigenvalue weighted by atomic mass is 10.2. The zero-order chi connectivity index (χ0) is 14.2. The zero-order valence-corrected chi connectivity index (χ0v) is 11.4. The first-order chi connectivity index (χ1) is 9.83. The van der Waals surface area contributed by atoms with Gasteiger partial charge in [0.1, 0.15) is 18.7 Å². The standard InChI is InChI=1S/C15H17N3O2/c1-2-18-15(16-12-17-18)11-20-14-8-5-7-13(10-14)6-3-4-9-19/h5,7-8,10,12,19H,2,4,9,11H2,1H3.